The molecular formula is C12H27N3S. The van der Waals surface area contributed by atoms with Gasteiger partial charge in [-0.1, -0.05) is 6.92 Å². The number of nitrogens with zero attached hydrogens (tertiary/aromatic N) is 2. The van der Waals surface area contributed by atoms with Crippen molar-refractivity contribution < 1.29 is 0 Å². The standard InChI is InChI=1S/C12H27N3S/c1-4-12(11-16-3)13-5-6-15-9-7-14(2)8-10-15/h12-13H,4-11H2,1-3H3. The van der Waals surface area contributed by atoms with Gasteiger partial charge >= 0.3 is 0 Å². The summed E-state index contributed by atoms with van der Waals surface area (Å²) in [6.45, 7) is 9.53. The fourth-order valence-corrected chi connectivity index (χ4v) is 2.78. The topological polar surface area (TPSA) is 18.5 Å². The predicted molar refractivity (Wildman–Crippen MR) is 74.4 cm³/mol. The van der Waals surface area contributed by atoms with Crippen molar-refractivity contribution in [2.45, 2.75) is 19.4 Å². The average Bonchev–Trinajstić information content (AvgIpc) is 2.30. The monoisotopic (exact) mass is 245 g/mol. The normalized spacial score (nSPS) is 21.2. The largest absolute Gasteiger partial charge is 0.312 e. The van der Waals surface area contributed by atoms with Crippen LogP contribution in [0.3, 0.4) is 0 Å². The molecule has 0 aromatic rings. The fourth-order valence-electron chi connectivity index (χ4n) is 2.02. The zero-order valence-corrected chi connectivity index (χ0v) is 11.9. The Morgan fingerprint density at radius 1 is 1.25 bits per heavy atom. The third-order valence-corrected chi connectivity index (χ3v) is 4.05. The second kappa shape index (κ2) is 8.34. The zero-order chi connectivity index (χ0) is 11.8. The Morgan fingerprint density at radius 3 is 2.50 bits per heavy atom. The molecule has 1 rings (SSSR count). The van der Waals surface area contributed by atoms with Crippen molar-refractivity contribution >= 4 is 11.8 Å². The molecular weight excluding hydrogens is 218 g/mol. The molecule has 0 aromatic heterocycles. The van der Waals surface area contributed by atoms with Gasteiger partial charge in [0, 0.05) is 51.1 Å². The van der Waals surface area contributed by atoms with Crippen LogP contribution in [0.15, 0.2) is 0 Å². The minimum atomic E-state index is 0.697. The van der Waals surface area contributed by atoms with E-state index in [2.05, 4.69) is 35.3 Å². The molecule has 0 bridgehead atoms. The van der Waals surface area contributed by atoms with Crippen molar-refractivity contribution in [2.75, 3.05) is 58.3 Å². The van der Waals surface area contributed by atoms with Crippen molar-refractivity contribution in [3.63, 3.8) is 0 Å². The van der Waals surface area contributed by atoms with E-state index in [-0.39, 0.29) is 0 Å². The molecule has 1 saturated heterocycles. The maximum absolute atomic E-state index is 3.65. The molecule has 4 heteroatoms. The summed E-state index contributed by atoms with van der Waals surface area (Å²) in [5, 5.41) is 3.65. The Labute approximate surface area is 105 Å². The van der Waals surface area contributed by atoms with Crippen LogP contribution in [0.25, 0.3) is 0 Å². The number of piperazine rings is 1. The number of hydrogen-bond donors (Lipinski definition) is 1. The lowest BCUT2D eigenvalue weighted by molar-refractivity contribution is 0.154. The Balaban J connectivity index is 2.05. The van der Waals surface area contributed by atoms with Crippen molar-refractivity contribution in [1.29, 1.82) is 0 Å². The average molecular weight is 245 g/mol. The third kappa shape index (κ3) is 5.53. The van der Waals surface area contributed by atoms with Gasteiger partial charge in [-0.25, -0.2) is 0 Å². The Morgan fingerprint density at radius 2 is 1.94 bits per heavy atom. The van der Waals surface area contributed by atoms with E-state index in [1.54, 1.807) is 0 Å². The molecule has 0 saturated carbocycles. The second-order valence-corrected chi connectivity index (χ2v) is 5.57. The van der Waals surface area contributed by atoms with Gasteiger partial charge in [0.05, 0.1) is 0 Å². The lowest BCUT2D eigenvalue weighted by Crippen LogP contribution is -2.47. The molecule has 1 N–H and O–H groups in total. The summed E-state index contributed by atoms with van der Waals surface area (Å²) in [6, 6.07) is 0.697. The van der Waals surface area contributed by atoms with Crippen LogP contribution in [-0.2, 0) is 0 Å². The molecule has 1 aliphatic heterocycles. The van der Waals surface area contributed by atoms with Crippen molar-refractivity contribution in [3.05, 3.63) is 0 Å². The summed E-state index contributed by atoms with van der Waals surface area (Å²) in [5.74, 6) is 1.24. The quantitative estimate of drug-likeness (QED) is 0.720. The van der Waals surface area contributed by atoms with Gasteiger partial charge < -0.3 is 10.2 Å². The van der Waals surface area contributed by atoms with Gasteiger partial charge in [-0.05, 0) is 19.7 Å². The highest BCUT2D eigenvalue weighted by molar-refractivity contribution is 7.98. The third-order valence-electron chi connectivity index (χ3n) is 3.32. The number of likely N-dealkylation sites (N-methyl/N-ethyl adjacent to an activating group) is 1. The first-order valence-corrected chi connectivity index (χ1v) is 7.78. The van der Waals surface area contributed by atoms with Crippen LogP contribution in [0.4, 0.5) is 0 Å². The maximum atomic E-state index is 3.65. The van der Waals surface area contributed by atoms with Crippen LogP contribution < -0.4 is 5.32 Å². The van der Waals surface area contributed by atoms with E-state index in [1.807, 2.05) is 11.8 Å². The van der Waals surface area contributed by atoms with E-state index in [4.69, 9.17) is 0 Å². The molecule has 0 spiro atoms. The molecule has 1 unspecified atom stereocenters. The highest BCUT2D eigenvalue weighted by Crippen LogP contribution is 2.01. The van der Waals surface area contributed by atoms with Crippen molar-refractivity contribution in [1.82, 2.24) is 15.1 Å². The predicted octanol–water partition coefficient (Wildman–Crippen LogP) is 0.965. The van der Waals surface area contributed by atoms with Crippen LogP contribution in [0, 0.1) is 0 Å². The molecule has 1 heterocycles. The SMILES string of the molecule is CCC(CSC)NCCN1CCN(C)CC1. The lowest BCUT2D eigenvalue weighted by Gasteiger charge is -2.32. The van der Waals surface area contributed by atoms with Gasteiger partial charge in [0.25, 0.3) is 0 Å². The number of thioether (sulfide) groups is 1. The molecule has 0 aromatic carbocycles. The van der Waals surface area contributed by atoms with Gasteiger partial charge in [0.1, 0.15) is 0 Å². The first-order valence-electron chi connectivity index (χ1n) is 6.39. The first kappa shape index (κ1) is 14.3. The molecule has 1 fully saturated rings. The molecule has 96 valence electrons. The summed E-state index contributed by atoms with van der Waals surface area (Å²) in [6.07, 6.45) is 3.42. The van der Waals surface area contributed by atoms with Gasteiger partial charge in [0.15, 0.2) is 0 Å². The summed E-state index contributed by atoms with van der Waals surface area (Å²) < 4.78 is 0. The molecule has 0 aliphatic carbocycles. The molecule has 16 heavy (non-hydrogen) atoms. The van der Waals surface area contributed by atoms with Crippen molar-refractivity contribution in [3.8, 4) is 0 Å². The zero-order valence-electron chi connectivity index (χ0n) is 11.0. The Kier molecular flexibility index (Phi) is 7.45. The Hall–Kier alpha value is 0.230. The molecule has 0 amide bonds. The summed E-state index contributed by atoms with van der Waals surface area (Å²) in [7, 11) is 2.21. The molecule has 0 radical (unpaired) electrons. The van der Waals surface area contributed by atoms with Crippen LogP contribution in [-0.4, -0.2) is 74.2 Å². The van der Waals surface area contributed by atoms with E-state index in [0.29, 0.717) is 6.04 Å². The summed E-state index contributed by atoms with van der Waals surface area (Å²) in [4.78, 5) is 4.98. The van der Waals surface area contributed by atoms with Crippen LogP contribution in [0.2, 0.25) is 0 Å². The highest BCUT2D eigenvalue weighted by Gasteiger charge is 2.13. The van der Waals surface area contributed by atoms with Gasteiger partial charge in [-0.3, -0.25) is 4.90 Å². The van der Waals surface area contributed by atoms with E-state index in [1.165, 1.54) is 44.9 Å². The molecule has 3 nitrogen and oxygen atoms in total. The fraction of sp³-hybridized carbons (Fsp3) is 1.00. The second-order valence-electron chi connectivity index (χ2n) is 4.66. The van der Waals surface area contributed by atoms with E-state index in [0.717, 1.165) is 6.54 Å². The van der Waals surface area contributed by atoms with Crippen LogP contribution in [0.5, 0.6) is 0 Å². The summed E-state index contributed by atoms with van der Waals surface area (Å²) in [5.41, 5.74) is 0. The van der Waals surface area contributed by atoms with Gasteiger partial charge in [-0.15, -0.1) is 0 Å². The molecule has 1 aliphatic rings. The lowest BCUT2D eigenvalue weighted by atomic mass is 10.2. The molecule has 1 atom stereocenters. The van der Waals surface area contributed by atoms with Crippen molar-refractivity contribution in [2.24, 2.45) is 0 Å². The number of nitrogens with one attached hydrogen (secondary N) is 1. The van der Waals surface area contributed by atoms with Crippen LogP contribution in [0.1, 0.15) is 13.3 Å². The number of rotatable bonds is 7. The Bertz CT molecular complexity index is 170. The van der Waals surface area contributed by atoms with Gasteiger partial charge in [-0.2, -0.15) is 11.8 Å². The summed E-state index contributed by atoms with van der Waals surface area (Å²) >= 11 is 1.94. The van der Waals surface area contributed by atoms with Crippen LogP contribution >= 0.6 is 11.8 Å². The van der Waals surface area contributed by atoms with E-state index in [9.17, 15) is 0 Å². The maximum Gasteiger partial charge on any atom is 0.0156 e. The smallest absolute Gasteiger partial charge is 0.0156 e. The van der Waals surface area contributed by atoms with E-state index < -0.39 is 0 Å². The minimum absolute atomic E-state index is 0.697. The minimum Gasteiger partial charge on any atom is -0.312 e. The van der Waals surface area contributed by atoms with E-state index >= 15 is 0 Å². The number of hydrogen-bond acceptors (Lipinski definition) is 4. The highest BCUT2D eigenvalue weighted by atomic mass is 32.2. The van der Waals surface area contributed by atoms with Gasteiger partial charge in [0.2, 0.25) is 0 Å². The first-order chi connectivity index (χ1) is 7.76.